The molecule has 3 rings (SSSR count). The van der Waals surface area contributed by atoms with Crippen molar-refractivity contribution in [2.75, 3.05) is 5.73 Å². The number of aliphatic imine (C=N–C) groups is 2. The fourth-order valence-corrected chi connectivity index (χ4v) is 2.48. The van der Waals surface area contributed by atoms with Crippen molar-refractivity contribution in [3.8, 4) is 0 Å². The molecule has 120 valence electrons. The summed E-state index contributed by atoms with van der Waals surface area (Å²) in [5, 5.41) is 2.10. The van der Waals surface area contributed by atoms with E-state index in [1.807, 2.05) is 73.1 Å². The van der Waals surface area contributed by atoms with Crippen LogP contribution in [0.15, 0.2) is 70.6 Å². The van der Waals surface area contributed by atoms with E-state index in [0.29, 0.717) is 6.04 Å². The predicted octanol–water partition coefficient (Wildman–Crippen LogP) is 5.00. The summed E-state index contributed by atoms with van der Waals surface area (Å²) in [7, 11) is 0. The van der Waals surface area contributed by atoms with E-state index in [1.54, 1.807) is 0 Å². The largest absolute Gasteiger partial charge is 0.398 e. The van der Waals surface area contributed by atoms with Crippen LogP contribution in [0.25, 0.3) is 10.8 Å². The number of anilines is 1. The van der Waals surface area contributed by atoms with Crippen LogP contribution in [-0.2, 0) is 0 Å². The van der Waals surface area contributed by atoms with Gasteiger partial charge in [0.05, 0.1) is 5.69 Å². The lowest BCUT2D eigenvalue weighted by Crippen LogP contribution is -1.91. The van der Waals surface area contributed by atoms with Gasteiger partial charge in [0.25, 0.3) is 0 Å². The Labute approximate surface area is 142 Å². The molecule has 3 aromatic rings. The molecule has 0 amide bonds. The lowest BCUT2D eigenvalue weighted by Gasteiger charge is -2.04. The second kappa shape index (κ2) is 7.09. The summed E-state index contributed by atoms with van der Waals surface area (Å²) >= 11 is 0. The van der Waals surface area contributed by atoms with Gasteiger partial charge in [0.15, 0.2) is 0 Å². The second-order valence-corrected chi connectivity index (χ2v) is 6.02. The van der Waals surface area contributed by atoms with Crippen molar-refractivity contribution < 1.29 is 0 Å². The third kappa shape index (κ3) is 3.69. The zero-order chi connectivity index (χ0) is 16.9. The number of rotatable bonds is 4. The van der Waals surface area contributed by atoms with Gasteiger partial charge in [-0.3, -0.25) is 9.98 Å². The highest BCUT2D eigenvalue weighted by atomic mass is 14.7. The zero-order valence-electron chi connectivity index (χ0n) is 14.0. The highest BCUT2D eigenvalue weighted by Crippen LogP contribution is 2.29. The van der Waals surface area contributed by atoms with E-state index in [0.717, 1.165) is 33.3 Å². The highest BCUT2D eigenvalue weighted by Gasteiger charge is 2.01. The normalized spacial score (nSPS) is 12.0. The Morgan fingerprint density at radius 3 is 2.12 bits per heavy atom. The van der Waals surface area contributed by atoms with Gasteiger partial charge in [-0.25, -0.2) is 0 Å². The van der Waals surface area contributed by atoms with Gasteiger partial charge >= 0.3 is 0 Å². The molecule has 0 aliphatic rings. The third-order valence-corrected chi connectivity index (χ3v) is 3.74. The molecule has 0 unspecified atom stereocenters. The molecule has 2 N–H and O–H groups in total. The Kier molecular flexibility index (Phi) is 4.71. The standard InChI is InChI=1S/C21H21N3/c1-15(2)23-13-16-9-11-17(12-10-16)14-24-21-8-4-5-18-19(21)6-3-7-20(18)22/h3-15H,22H2,1-2H3. The summed E-state index contributed by atoms with van der Waals surface area (Å²) < 4.78 is 0. The van der Waals surface area contributed by atoms with Crippen molar-refractivity contribution in [1.82, 2.24) is 0 Å². The average molecular weight is 315 g/mol. The smallest absolute Gasteiger partial charge is 0.0708 e. The van der Waals surface area contributed by atoms with Crippen LogP contribution in [0.5, 0.6) is 0 Å². The van der Waals surface area contributed by atoms with Crippen molar-refractivity contribution >= 4 is 34.6 Å². The number of nitrogen functional groups attached to an aromatic ring is 1. The maximum Gasteiger partial charge on any atom is 0.0708 e. The van der Waals surface area contributed by atoms with Gasteiger partial charge in [-0.1, -0.05) is 48.5 Å². The van der Waals surface area contributed by atoms with E-state index in [9.17, 15) is 0 Å². The van der Waals surface area contributed by atoms with Gasteiger partial charge in [-0.15, -0.1) is 0 Å². The monoisotopic (exact) mass is 315 g/mol. The van der Waals surface area contributed by atoms with Crippen LogP contribution >= 0.6 is 0 Å². The van der Waals surface area contributed by atoms with Crippen molar-refractivity contribution in [1.29, 1.82) is 0 Å². The topological polar surface area (TPSA) is 50.7 Å². The summed E-state index contributed by atoms with van der Waals surface area (Å²) in [6.07, 6.45) is 3.78. The van der Waals surface area contributed by atoms with Crippen LogP contribution in [0.4, 0.5) is 11.4 Å². The molecule has 3 nitrogen and oxygen atoms in total. The van der Waals surface area contributed by atoms with Crippen LogP contribution in [0.3, 0.4) is 0 Å². The minimum atomic E-state index is 0.310. The van der Waals surface area contributed by atoms with Crippen LogP contribution in [-0.4, -0.2) is 18.5 Å². The molecule has 3 heteroatoms. The number of hydrogen-bond donors (Lipinski definition) is 1. The van der Waals surface area contributed by atoms with Crippen LogP contribution in [0.2, 0.25) is 0 Å². The molecule has 0 saturated carbocycles. The molecule has 0 heterocycles. The molecule has 0 saturated heterocycles. The molecule has 0 atom stereocenters. The predicted molar refractivity (Wildman–Crippen MR) is 105 cm³/mol. The van der Waals surface area contributed by atoms with E-state index in [-0.39, 0.29) is 0 Å². The highest BCUT2D eigenvalue weighted by molar-refractivity contribution is 6.01. The first-order valence-electron chi connectivity index (χ1n) is 8.08. The van der Waals surface area contributed by atoms with E-state index in [2.05, 4.69) is 23.8 Å². The molecule has 24 heavy (non-hydrogen) atoms. The van der Waals surface area contributed by atoms with Gasteiger partial charge in [-0.2, -0.15) is 0 Å². The summed E-state index contributed by atoms with van der Waals surface area (Å²) in [5.74, 6) is 0. The Balaban J connectivity index is 1.85. The maximum atomic E-state index is 6.03. The Morgan fingerprint density at radius 2 is 1.42 bits per heavy atom. The van der Waals surface area contributed by atoms with Crippen molar-refractivity contribution in [2.24, 2.45) is 9.98 Å². The fourth-order valence-electron chi connectivity index (χ4n) is 2.48. The molecule has 0 fully saturated rings. The fraction of sp³-hybridized carbons (Fsp3) is 0.143. The Morgan fingerprint density at radius 1 is 0.792 bits per heavy atom. The second-order valence-electron chi connectivity index (χ2n) is 6.02. The first kappa shape index (κ1) is 15.9. The first-order chi connectivity index (χ1) is 11.6. The number of nitrogens with zero attached hydrogens (tertiary/aromatic N) is 2. The van der Waals surface area contributed by atoms with Crippen molar-refractivity contribution in [3.63, 3.8) is 0 Å². The van der Waals surface area contributed by atoms with E-state index in [1.165, 1.54) is 0 Å². The number of nitrogens with two attached hydrogens (primary N) is 1. The maximum absolute atomic E-state index is 6.03. The molecule has 0 aromatic heterocycles. The lowest BCUT2D eigenvalue weighted by molar-refractivity contribution is 0.841. The summed E-state index contributed by atoms with van der Waals surface area (Å²) in [4.78, 5) is 9.03. The average Bonchev–Trinajstić information content (AvgIpc) is 2.59. The van der Waals surface area contributed by atoms with Crippen LogP contribution in [0, 0.1) is 0 Å². The number of hydrogen-bond acceptors (Lipinski definition) is 3. The summed E-state index contributed by atoms with van der Waals surface area (Å²) in [5.41, 5.74) is 9.88. The Hall–Kier alpha value is -2.94. The molecule has 0 radical (unpaired) electrons. The third-order valence-electron chi connectivity index (χ3n) is 3.74. The zero-order valence-corrected chi connectivity index (χ0v) is 14.0. The molecule has 3 aromatic carbocycles. The lowest BCUT2D eigenvalue weighted by atomic mass is 10.1. The molecular weight excluding hydrogens is 294 g/mol. The molecular formula is C21H21N3. The summed E-state index contributed by atoms with van der Waals surface area (Å²) in [6.45, 7) is 4.13. The summed E-state index contributed by atoms with van der Waals surface area (Å²) in [6, 6.07) is 20.4. The van der Waals surface area contributed by atoms with Crippen LogP contribution in [0.1, 0.15) is 25.0 Å². The quantitative estimate of drug-likeness (QED) is 0.534. The Bertz CT molecular complexity index is 891. The number of fused-ring (bicyclic) bond motifs is 1. The van der Waals surface area contributed by atoms with E-state index < -0.39 is 0 Å². The van der Waals surface area contributed by atoms with Gasteiger partial charge in [-0.05, 0) is 37.1 Å². The van der Waals surface area contributed by atoms with Crippen molar-refractivity contribution in [2.45, 2.75) is 19.9 Å². The molecule has 0 bridgehead atoms. The molecule has 0 spiro atoms. The first-order valence-corrected chi connectivity index (χ1v) is 8.08. The SMILES string of the molecule is CC(C)N=Cc1ccc(C=Nc2cccc3c(N)cccc23)cc1. The molecule has 0 aliphatic heterocycles. The van der Waals surface area contributed by atoms with E-state index in [4.69, 9.17) is 5.73 Å². The number of benzene rings is 3. The van der Waals surface area contributed by atoms with Gasteiger partial charge in [0, 0.05) is 34.9 Å². The van der Waals surface area contributed by atoms with Crippen LogP contribution < -0.4 is 5.73 Å². The van der Waals surface area contributed by atoms with E-state index >= 15 is 0 Å². The van der Waals surface area contributed by atoms with Gasteiger partial charge in [0.1, 0.15) is 0 Å². The van der Waals surface area contributed by atoms with Crippen molar-refractivity contribution in [3.05, 3.63) is 71.8 Å². The van der Waals surface area contributed by atoms with Gasteiger partial charge in [0.2, 0.25) is 0 Å². The molecule has 0 aliphatic carbocycles. The minimum Gasteiger partial charge on any atom is -0.398 e. The van der Waals surface area contributed by atoms with Gasteiger partial charge < -0.3 is 5.73 Å². The minimum absolute atomic E-state index is 0.310.